The molecule has 3 aromatic rings. The Balaban J connectivity index is 1.68. The SMILES string of the molecule is CCC(O)CCCCCCCC/C=C\[Si](c1ccccc1)(c1ccccc1)c1ccccc1. The van der Waals surface area contributed by atoms with Gasteiger partial charge in [0.05, 0.1) is 6.10 Å². The second kappa shape index (κ2) is 14.0. The van der Waals surface area contributed by atoms with Crippen LogP contribution in [0.1, 0.15) is 64.7 Å². The van der Waals surface area contributed by atoms with Gasteiger partial charge >= 0.3 is 0 Å². The van der Waals surface area contributed by atoms with Crippen molar-refractivity contribution < 1.29 is 5.11 Å². The lowest BCUT2D eigenvalue weighted by Crippen LogP contribution is -2.66. The van der Waals surface area contributed by atoms with Crippen molar-refractivity contribution in [2.45, 2.75) is 70.8 Å². The van der Waals surface area contributed by atoms with E-state index >= 15 is 0 Å². The fraction of sp³-hybridized carbons (Fsp3) is 0.355. The molecule has 1 unspecified atom stereocenters. The van der Waals surface area contributed by atoms with Gasteiger partial charge < -0.3 is 5.11 Å². The van der Waals surface area contributed by atoms with E-state index in [1.165, 1.54) is 47.7 Å². The maximum Gasteiger partial charge on any atom is 0.172 e. The molecule has 0 fully saturated rings. The quantitative estimate of drug-likeness (QED) is 0.175. The summed E-state index contributed by atoms with van der Waals surface area (Å²) >= 11 is 0. The van der Waals surface area contributed by atoms with Crippen molar-refractivity contribution in [3.8, 4) is 0 Å². The third-order valence-electron chi connectivity index (χ3n) is 6.68. The molecule has 0 spiro atoms. The molecule has 0 radical (unpaired) electrons. The number of aliphatic hydroxyl groups is 1. The minimum absolute atomic E-state index is 0.0987. The first kappa shape index (κ1) is 25.2. The molecule has 0 heterocycles. The third-order valence-corrected chi connectivity index (χ3v) is 11.2. The standard InChI is InChI=1S/C31H40OSi/c1-2-28(32)20-12-7-5-3-4-6-8-19-27-33(29-21-13-9-14-22-29,30-23-15-10-16-24-30)31-25-17-11-18-26-31/h9-11,13-19,21-28,32H,2-8,12,20H2,1H3/b27-19-. The molecule has 33 heavy (non-hydrogen) atoms. The van der Waals surface area contributed by atoms with Gasteiger partial charge in [-0.2, -0.15) is 0 Å². The monoisotopic (exact) mass is 456 g/mol. The van der Waals surface area contributed by atoms with Gasteiger partial charge in [0, 0.05) is 0 Å². The zero-order chi connectivity index (χ0) is 23.2. The van der Waals surface area contributed by atoms with Crippen LogP contribution in [0.5, 0.6) is 0 Å². The molecule has 3 rings (SSSR count). The van der Waals surface area contributed by atoms with E-state index in [4.69, 9.17) is 0 Å². The van der Waals surface area contributed by atoms with E-state index < -0.39 is 8.07 Å². The first-order chi connectivity index (χ1) is 16.3. The van der Waals surface area contributed by atoms with E-state index in [1.807, 2.05) is 0 Å². The minimum atomic E-state index is -2.23. The molecule has 0 saturated heterocycles. The highest BCUT2D eigenvalue weighted by Gasteiger charge is 2.36. The molecule has 2 heteroatoms. The topological polar surface area (TPSA) is 20.2 Å². The Morgan fingerprint density at radius 3 is 1.52 bits per heavy atom. The Kier molecular flexibility index (Phi) is 10.7. The van der Waals surface area contributed by atoms with Crippen molar-refractivity contribution in [3.05, 3.63) is 103 Å². The fourth-order valence-corrected chi connectivity index (χ4v) is 8.96. The summed E-state index contributed by atoms with van der Waals surface area (Å²) < 4.78 is 0. The van der Waals surface area contributed by atoms with E-state index in [2.05, 4.69) is 110 Å². The molecular weight excluding hydrogens is 416 g/mol. The molecule has 0 aliphatic rings. The van der Waals surface area contributed by atoms with Gasteiger partial charge in [0.15, 0.2) is 8.07 Å². The highest BCUT2D eigenvalue weighted by molar-refractivity contribution is 7.14. The summed E-state index contributed by atoms with van der Waals surface area (Å²) in [5.41, 5.74) is 2.57. The summed E-state index contributed by atoms with van der Waals surface area (Å²) in [6, 6.07) is 33.3. The van der Waals surface area contributed by atoms with Gasteiger partial charge in [0.1, 0.15) is 0 Å². The fourth-order valence-electron chi connectivity index (χ4n) is 4.71. The summed E-state index contributed by atoms with van der Waals surface area (Å²) in [6.07, 6.45) is 12.9. The molecule has 3 aromatic carbocycles. The van der Waals surface area contributed by atoms with Gasteiger partial charge in [0.2, 0.25) is 0 Å². The number of rotatable bonds is 14. The summed E-state index contributed by atoms with van der Waals surface area (Å²) in [6.45, 7) is 2.06. The van der Waals surface area contributed by atoms with Gasteiger partial charge in [-0.15, -0.1) is 0 Å². The van der Waals surface area contributed by atoms with Crippen LogP contribution in [0.15, 0.2) is 103 Å². The van der Waals surface area contributed by atoms with Gasteiger partial charge in [-0.3, -0.25) is 0 Å². The molecule has 1 atom stereocenters. The molecule has 0 amide bonds. The van der Waals surface area contributed by atoms with Crippen molar-refractivity contribution in [2.24, 2.45) is 0 Å². The van der Waals surface area contributed by atoms with Crippen molar-refractivity contribution in [3.63, 3.8) is 0 Å². The van der Waals surface area contributed by atoms with Crippen molar-refractivity contribution >= 4 is 23.6 Å². The van der Waals surface area contributed by atoms with Crippen LogP contribution in [0.2, 0.25) is 0 Å². The van der Waals surface area contributed by atoms with Gasteiger partial charge in [0.25, 0.3) is 0 Å². The Hall–Kier alpha value is -2.42. The Bertz CT molecular complexity index is 824. The first-order valence-corrected chi connectivity index (χ1v) is 14.9. The van der Waals surface area contributed by atoms with Crippen molar-refractivity contribution in [1.82, 2.24) is 0 Å². The van der Waals surface area contributed by atoms with Crippen LogP contribution in [-0.4, -0.2) is 19.3 Å². The predicted octanol–water partition coefficient (Wildman–Crippen LogP) is 6.14. The van der Waals surface area contributed by atoms with Gasteiger partial charge in [-0.05, 0) is 41.2 Å². The van der Waals surface area contributed by atoms with E-state index in [9.17, 15) is 5.11 Å². The lowest BCUT2D eigenvalue weighted by Gasteiger charge is -2.30. The summed E-state index contributed by atoms with van der Waals surface area (Å²) in [5.74, 6) is 0. The van der Waals surface area contributed by atoms with Gasteiger partial charge in [-0.1, -0.05) is 142 Å². The van der Waals surface area contributed by atoms with Crippen LogP contribution in [0.25, 0.3) is 0 Å². The van der Waals surface area contributed by atoms with E-state index in [0.717, 1.165) is 25.7 Å². The number of allylic oxidation sites excluding steroid dienone is 1. The van der Waals surface area contributed by atoms with Crippen LogP contribution in [0.3, 0.4) is 0 Å². The highest BCUT2D eigenvalue weighted by atomic mass is 28.3. The van der Waals surface area contributed by atoms with Crippen LogP contribution in [0, 0.1) is 0 Å². The lowest BCUT2D eigenvalue weighted by molar-refractivity contribution is 0.156. The van der Waals surface area contributed by atoms with E-state index in [0.29, 0.717) is 0 Å². The molecule has 0 aromatic heterocycles. The molecular formula is C31H40OSi. The molecule has 0 saturated carbocycles. The molecule has 0 bridgehead atoms. The van der Waals surface area contributed by atoms with E-state index in [-0.39, 0.29) is 6.10 Å². The Morgan fingerprint density at radius 2 is 1.06 bits per heavy atom. The second-order valence-corrected chi connectivity index (χ2v) is 12.8. The number of aliphatic hydroxyl groups excluding tert-OH is 1. The Morgan fingerprint density at radius 1 is 0.636 bits per heavy atom. The zero-order valence-electron chi connectivity index (χ0n) is 20.2. The van der Waals surface area contributed by atoms with Crippen molar-refractivity contribution in [2.75, 3.05) is 0 Å². The smallest absolute Gasteiger partial charge is 0.172 e. The van der Waals surface area contributed by atoms with Crippen LogP contribution in [0.4, 0.5) is 0 Å². The minimum Gasteiger partial charge on any atom is -0.393 e. The van der Waals surface area contributed by atoms with Crippen LogP contribution < -0.4 is 15.6 Å². The third kappa shape index (κ3) is 7.28. The molecule has 0 aliphatic carbocycles. The van der Waals surface area contributed by atoms with Gasteiger partial charge in [-0.25, -0.2) is 0 Å². The lowest BCUT2D eigenvalue weighted by atomic mass is 10.1. The average molecular weight is 457 g/mol. The number of hydrogen-bond acceptors (Lipinski definition) is 1. The summed E-state index contributed by atoms with van der Waals surface area (Å²) in [4.78, 5) is 0. The maximum absolute atomic E-state index is 9.67. The molecule has 0 aliphatic heterocycles. The number of benzene rings is 3. The molecule has 1 N–H and O–H groups in total. The molecule has 1 nitrogen and oxygen atoms in total. The normalized spacial score (nSPS) is 12.8. The average Bonchev–Trinajstić information content (AvgIpc) is 2.89. The Labute approximate surface area is 202 Å². The van der Waals surface area contributed by atoms with Crippen LogP contribution in [-0.2, 0) is 0 Å². The predicted molar refractivity (Wildman–Crippen MR) is 146 cm³/mol. The second-order valence-electron chi connectivity index (χ2n) is 9.07. The largest absolute Gasteiger partial charge is 0.393 e. The number of hydrogen-bond donors (Lipinski definition) is 1. The molecule has 174 valence electrons. The number of unbranched alkanes of at least 4 members (excludes halogenated alkanes) is 6. The zero-order valence-corrected chi connectivity index (χ0v) is 21.2. The van der Waals surface area contributed by atoms with E-state index in [1.54, 1.807) is 0 Å². The maximum atomic E-state index is 9.67. The highest BCUT2D eigenvalue weighted by Crippen LogP contribution is 2.13. The van der Waals surface area contributed by atoms with Crippen molar-refractivity contribution in [1.29, 1.82) is 0 Å². The summed E-state index contributed by atoms with van der Waals surface area (Å²) in [5, 5.41) is 14.0. The first-order valence-electron chi connectivity index (χ1n) is 12.8. The summed E-state index contributed by atoms with van der Waals surface area (Å²) in [7, 11) is -2.23. The van der Waals surface area contributed by atoms with Crippen LogP contribution >= 0.6 is 0 Å².